The number of amides is 3. The summed E-state index contributed by atoms with van der Waals surface area (Å²) in [6.07, 6.45) is 0.941. The number of hydrogen-bond acceptors (Lipinski definition) is 3. The fourth-order valence-corrected chi connectivity index (χ4v) is 1.09. The van der Waals surface area contributed by atoms with Gasteiger partial charge in [-0.2, -0.15) is 0 Å². The Morgan fingerprint density at radius 3 is 2.24 bits per heavy atom. The SMILES string of the molecule is CCC[C@H](NC(=O)NC(C)(C)C(N)=O)C(=O)O. The van der Waals surface area contributed by atoms with Gasteiger partial charge in [0.15, 0.2) is 0 Å². The van der Waals surface area contributed by atoms with Crippen molar-refractivity contribution < 1.29 is 19.5 Å². The summed E-state index contributed by atoms with van der Waals surface area (Å²) in [6, 6.07) is -1.70. The molecule has 0 aromatic rings. The Hall–Kier alpha value is -1.79. The Balaban J connectivity index is 4.43. The van der Waals surface area contributed by atoms with Gasteiger partial charge in [-0.05, 0) is 20.3 Å². The van der Waals surface area contributed by atoms with Crippen molar-refractivity contribution in [2.45, 2.75) is 45.2 Å². The van der Waals surface area contributed by atoms with Gasteiger partial charge in [0.25, 0.3) is 0 Å². The van der Waals surface area contributed by atoms with Crippen LogP contribution in [0, 0.1) is 0 Å². The highest BCUT2D eigenvalue weighted by Gasteiger charge is 2.28. The van der Waals surface area contributed by atoms with Crippen LogP contribution < -0.4 is 16.4 Å². The van der Waals surface area contributed by atoms with Gasteiger partial charge in [-0.1, -0.05) is 13.3 Å². The average Bonchev–Trinajstić information content (AvgIpc) is 2.15. The van der Waals surface area contributed by atoms with E-state index in [4.69, 9.17) is 10.8 Å². The lowest BCUT2D eigenvalue weighted by Gasteiger charge is -2.23. The zero-order valence-electron chi connectivity index (χ0n) is 10.2. The Morgan fingerprint density at radius 2 is 1.88 bits per heavy atom. The molecule has 7 nitrogen and oxygen atoms in total. The van der Waals surface area contributed by atoms with E-state index in [2.05, 4.69) is 10.6 Å². The van der Waals surface area contributed by atoms with Gasteiger partial charge in [-0.25, -0.2) is 9.59 Å². The van der Waals surface area contributed by atoms with Crippen molar-refractivity contribution in [3.63, 3.8) is 0 Å². The first-order valence-corrected chi connectivity index (χ1v) is 5.32. The summed E-state index contributed by atoms with van der Waals surface area (Å²) in [6.45, 7) is 4.68. The van der Waals surface area contributed by atoms with Gasteiger partial charge >= 0.3 is 12.0 Å². The number of nitrogens with one attached hydrogen (secondary N) is 2. The summed E-state index contributed by atoms with van der Waals surface area (Å²) in [5.41, 5.74) is 3.85. The van der Waals surface area contributed by atoms with Crippen molar-refractivity contribution in [3.8, 4) is 0 Å². The van der Waals surface area contributed by atoms with E-state index in [1.54, 1.807) is 0 Å². The summed E-state index contributed by atoms with van der Waals surface area (Å²) in [4.78, 5) is 33.2. The van der Waals surface area contributed by atoms with E-state index >= 15 is 0 Å². The number of carbonyl (C=O) groups excluding carboxylic acids is 2. The molecule has 0 aromatic heterocycles. The van der Waals surface area contributed by atoms with Gasteiger partial charge in [-0.3, -0.25) is 4.79 Å². The Bertz CT molecular complexity index is 315. The van der Waals surface area contributed by atoms with Crippen molar-refractivity contribution in [2.24, 2.45) is 5.73 Å². The highest BCUT2D eigenvalue weighted by Crippen LogP contribution is 2.01. The number of carbonyl (C=O) groups is 3. The molecule has 0 spiro atoms. The summed E-state index contributed by atoms with van der Waals surface area (Å²) >= 11 is 0. The van der Waals surface area contributed by atoms with Crippen LogP contribution in [-0.2, 0) is 9.59 Å². The summed E-state index contributed by atoms with van der Waals surface area (Å²) < 4.78 is 0. The summed E-state index contributed by atoms with van der Waals surface area (Å²) in [5, 5.41) is 13.4. The summed E-state index contributed by atoms with van der Waals surface area (Å²) in [7, 11) is 0. The smallest absolute Gasteiger partial charge is 0.326 e. The molecule has 0 aliphatic carbocycles. The second-order valence-corrected chi connectivity index (χ2v) is 4.27. The topological polar surface area (TPSA) is 122 Å². The third-order valence-corrected chi connectivity index (χ3v) is 2.22. The van der Waals surface area contributed by atoms with Gasteiger partial charge in [0.1, 0.15) is 11.6 Å². The number of carboxylic acid groups (broad SMARTS) is 1. The van der Waals surface area contributed by atoms with E-state index < -0.39 is 29.5 Å². The molecule has 0 aliphatic rings. The van der Waals surface area contributed by atoms with Crippen molar-refractivity contribution >= 4 is 17.9 Å². The van der Waals surface area contributed by atoms with E-state index in [0.29, 0.717) is 12.8 Å². The number of rotatable bonds is 6. The second-order valence-electron chi connectivity index (χ2n) is 4.27. The summed E-state index contributed by atoms with van der Waals surface area (Å²) in [5.74, 6) is -1.81. The number of aliphatic carboxylic acids is 1. The van der Waals surface area contributed by atoms with Crippen LogP contribution in [0.2, 0.25) is 0 Å². The molecule has 98 valence electrons. The molecule has 3 amide bonds. The average molecular weight is 245 g/mol. The van der Waals surface area contributed by atoms with Gasteiger partial charge in [0.05, 0.1) is 0 Å². The molecule has 0 fully saturated rings. The predicted molar refractivity (Wildman–Crippen MR) is 61.3 cm³/mol. The zero-order valence-corrected chi connectivity index (χ0v) is 10.2. The van der Waals surface area contributed by atoms with Crippen molar-refractivity contribution in [2.75, 3.05) is 0 Å². The fourth-order valence-electron chi connectivity index (χ4n) is 1.09. The van der Waals surface area contributed by atoms with Crippen molar-refractivity contribution in [3.05, 3.63) is 0 Å². The third-order valence-electron chi connectivity index (χ3n) is 2.22. The van der Waals surface area contributed by atoms with Crippen molar-refractivity contribution in [1.82, 2.24) is 10.6 Å². The molecule has 5 N–H and O–H groups in total. The minimum Gasteiger partial charge on any atom is -0.480 e. The van der Waals surface area contributed by atoms with E-state index in [0.717, 1.165) is 0 Å². The molecule has 0 aliphatic heterocycles. The molecule has 0 saturated heterocycles. The third kappa shape index (κ3) is 5.19. The largest absolute Gasteiger partial charge is 0.480 e. The van der Waals surface area contributed by atoms with E-state index in [9.17, 15) is 14.4 Å². The molecule has 0 saturated carbocycles. The number of hydrogen-bond donors (Lipinski definition) is 4. The lowest BCUT2D eigenvalue weighted by atomic mass is 10.1. The molecular weight excluding hydrogens is 226 g/mol. The highest BCUT2D eigenvalue weighted by molar-refractivity contribution is 5.90. The van der Waals surface area contributed by atoms with Crippen LogP contribution in [0.4, 0.5) is 4.79 Å². The highest BCUT2D eigenvalue weighted by atomic mass is 16.4. The number of carboxylic acids is 1. The van der Waals surface area contributed by atoms with Crippen molar-refractivity contribution in [1.29, 1.82) is 0 Å². The number of primary amides is 1. The van der Waals surface area contributed by atoms with E-state index in [-0.39, 0.29) is 0 Å². The van der Waals surface area contributed by atoms with Crippen LogP contribution in [0.15, 0.2) is 0 Å². The number of nitrogens with two attached hydrogens (primary N) is 1. The molecule has 0 heterocycles. The quantitative estimate of drug-likeness (QED) is 0.517. The van der Waals surface area contributed by atoms with E-state index in [1.165, 1.54) is 13.8 Å². The van der Waals surface area contributed by atoms with Gasteiger partial charge in [0.2, 0.25) is 5.91 Å². The molecule has 0 radical (unpaired) electrons. The lowest BCUT2D eigenvalue weighted by molar-refractivity contribution is -0.139. The molecule has 17 heavy (non-hydrogen) atoms. The maximum Gasteiger partial charge on any atom is 0.326 e. The Morgan fingerprint density at radius 1 is 1.35 bits per heavy atom. The van der Waals surface area contributed by atoms with Gasteiger partial charge in [-0.15, -0.1) is 0 Å². The standard InChI is InChI=1S/C10H19N3O4/c1-4-5-6(7(14)15)12-9(17)13-10(2,3)8(11)16/h6H,4-5H2,1-3H3,(H2,11,16)(H,14,15)(H2,12,13,17)/t6-/m0/s1. The monoisotopic (exact) mass is 245 g/mol. The Kier molecular flexibility index (Phi) is 5.43. The van der Waals surface area contributed by atoms with Crippen LogP contribution in [0.25, 0.3) is 0 Å². The van der Waals surface area contributed by atoms with Crippen LogP contribution in [0.3, 0.4) is 0 Å². The molecule has 1 atom stereocenters. The first-order valence-electron chi connectivity index (χ1n) is 5.32. The van der Waals surface area contributed by atoms with Crippen LogP contribution in [-0.4, -0.2) is 34.6 Å². The lowest BCUT2D eigenvalue weighted by Crippen LogP contribution is -2.57. The van der Waals surface area contributed by atoms with E-state index in [1.807, 2.05) is 6.92 Å². The zero-order chi connectivity index (χ0) is 13.6. The van der Waals surface area contributed by atoms with Crippen LogP contribution >= 0.6 is 0 Å². The normalized spacial score (nSPS) is 12.6. The molecule has 0 rings (SSSR count). The van der Waals surface area contributed by atoms with Crippen LogP contribution in [0.1, 0.15) is 33.6 Å². The molecule has 0 unspecified atom stereocenters. The fraction of sp³-hybridized carbons (Fsp3) is 0.700. The molecule has 0 aromatic carbocycles. The van der Waals surface area contributed by atoms with Gasteiger partial charge in [0, 0.05) is 0 Å². The first kappa shape index (κ1) is 15.2. The minimum absolute atomic E-state index is 0.319. The Labute approximate surface area is 99.7 Å². The maximum atomic E-state index is 11.5. The molecule has 7 heteroatoms. The predicted octanol–water partition coefficient (Wildman–Crippen LogP) is -0.197. The van der Waals surface area contributed by atoms with Gasteiger partial charge < -0.3 is 21.5 Å². The van der Waals surface area contributed by atoms with Crippen LogP contribution in [0.5, 0.6) is 0 Å². The first-order chi connectivity index (χ1) is 7.70. The molecule has 0 bridgehead atoms. The molecular formula is C10H19N3O4. The second kappa shape index (κ2) is 6.07. The minimum atomic E-state index is -1.22. The number of urea groups is 1. The maximum absolute atomic E-state index is 11.5.